The maximum atomic E-state index is 12.4. The zero-order valence-electron chi connectivity index (χ0n) is 13.4. The van der Waals surface area contributed by atoms with Crippen LogP contribution in [-0.2, 0) is 6.54 Å². The molecule has 22 heavy (non-hydrogen) atoms. The lowest BCUT2D eigenvalue weighted by Gasteiger charge is -2.15. The number of aryl methyl sites for hydroxylation is 1. The van der Waals surface area contributed by atoms with E-state index in [1.807, 2.05) is 0 Å². The van der Waals surface area contributed by atoms with E-state index in [4.69, 9.17) is 9.47 Å². The SMILES string of the molecule is CCCCCCn1c(=O)c(O)c(OC)c2ccc(OC)cc21. The van der Waals surface area contributed by atoms with Crippen LogP contribution in [0.2, 0.25) is 0 Å². The van der Waals surface area contributed by atoms with E-state index >= 15 is 0 Å². The number of rotatable bonds is 7. The van der Waals surface area contributed by atoms with Gasteiger partial charge in [-0.3, -0.25) is 4.79 Å². The molecular formula is C17H23NO4. The van der Waals surface area contributed by atoms with Gasteiger partial charge in [-0.15, -0.1) is 0 Å². The van der Waals surface area contributed by atoms with Gasteiger partial charge in [-0.25, -0.2) is 0 Å². The number of hydrogen-bond donors (Lipinski definition) is 1. The number of unbranched alkanes of at least 4 members (excludes halogenated alkanes) is 3. The van der Waals surface area contributed by atoms with Gasteiger partial charge < -0.3 is 19.1 Å². The first-order chi connectivity index (χ1) is 10.6. The molecule has 0 fully saturated rings. The molecule has 120 valence electrons. The Morgan fingerprint density at radius 2 is 1.91 bits per heavy atom. The predicted octanol–water partition coefficient (Wildman–Crippen LogP) is 3.30. The second-order valence-electron chi connectivity index (χ2n) is 5.28. The minimum atomic E-state index is -0.422. The van der Waals surface area contributed by atoms with Gasteiger partial charge >= 0.3 is 0 Å². The summed E-state index contributed by atoms with van der Waals surface area (Å²) in [5, 5.41) is 10.8. The van der Waals surface area contributed by atoms with Crippen LogP contribution in [-0.4, -0.2) is 23.9 Å². The van der Waals surface area contributed by atoms with Gasteiger partial charge in [0.1, 0.15) is 5.75 Å². The maximum Gasteiger partial charge on any atom is 0.297 e. The second-order valence-corrected chi connectivity index (χ2v) is 5.28. The van der Waals surface area contributed by atoms with Crippen molar-refractivity contribution in [2.75, 3.05) is 14.2 Å². The van der Waals surface area contributed by atoms with E-state index < -0.39 is 5.56 Å². The monoisotopic (exact) mass is 305 g/mol. The summed E-state index contributed by atoms with van der Waals surface area (Å²) in [6, 6.07) is 5.39. The number of fused-ring (bicyclic) bond motifs is 1. The van der Waals surface area contributed by atoms with E-state index in [1.165, 1.54) is 7.11 Å². The van der Waals surface area contributed by atoms with Crippen molar-refractivity contribution in [1.82, 2.24) is 4.57 Å². The molecule has 2 aromatic rings. The number of nitrogens with zero attached hydrogens (tertiary/aromatic N) is 1. The molecule has 0 bridgehead atoms. The summed E-state index contributed by atoms with van der Waals surface area (Å²) < 4.78 is 12.1. The standard InChI is InChI=1S/C17H23NO4/c1-4-5-6-7-10-18-14-11-12(21-2)8-9-13(14)16(22-3)15(19)17(18)20/h8-9,11,19H,4-7,10H2,1-3H3. The van der Waals surface area contributed by atoms with Crippen molar-refractivity contribution >= 4 is 10.9 Å². The number of aromatic hydroxyl groups is 1. The number of aromatic nitrogens is 1. The highest BCUT2D eigenvalue weighted by Gasteiger charge is 2.17. The summed E-state index contributed by atoms with van der Waals surface area (Å²) in [5.41, 5.74) is 0.296. The van der Waals surface area contributed by atoms with Gasteiger partial charge in [0.2, 0.25) is 5.75 Å². The third-order valence-electron chi connectivity index (χ3n) is 3.84. The Kier molecular flexibility index (Phi) is 5.31. The van der Waals surface area contributed by atoms with Crippen molar-refractivity contribution in [2.45, 2.75) is 39.2 Å². The van der Waals surface area contributed by atoms with Crippen LogP contribution in [0.25, 0.3) is 10.9 Å². The Bertz CT molecular complexity index is 706. The van der Waals surface area contributed by atoms with Crippen molar-refractivity contribution in [3.05, 3.63) is 28.6 Å². The first-order valence-electron chi connectivity index (χ1n) is 7.61. The molecule has 0 radical (unpaired) electrons. The Hall–Kier alpha value is -2.17. The average molecular weight is 305 g/mol. The molecule has 0 spiro atoms. The van der Waals surface area contributed by atoms with Crippen LogP contribution in [0, 0.1) is 0 Å². The summed E-state index contributed by atoms with van der Waals surface area (Å²) in [4.78, 5) is 12.4. The molecule has 5 nitrogen and oxygen atoms in total. The highest BCUT2D eigenvalue weighted by molar-refractivity contribution is 5.88. The van der Waals surface area contributed by atoms with E-state index in [1.54, 1.807) is 29.9 Å². The highest BCUT2D eigenvalue weighted by Crippen LogP contribution is 2.33. The zero-order valence-corrected chi connectivity index (χ0v) is 13.4. The number of hydrogen-bond acceptors (Lipinski definition) is 4. The normalized spacial score (nSPS) is 10.9. The third kappa shape index (κ3) is 3.03. The first-order valence-corrected chi connectivity index (χ1v) is 7.61. The largest absolute Gasteiger partial charge is 0.500 e. The molecule has 5 heteroatoms. The fourth-order valence-corrected chi connectivity index (χ4v) is 2.64. The van der Waals surface area contributed by atoms with Crippen molar-refractivity contribution in [3.8, 4) is 17.2 Å². The van der Waals surface area contributed by atoms with Crippen molar-refractivity contribution < 1.29 is 14.6 Å². The van der Waals surface area contributed by atoms with Crippen molar-refractivity contribution in [1.29, 1.82) is 0 Å². The average Bonchev–Trinajstić information content (AvgIpc) is 2.54. The number of methoxy groups -OCH3 is 2. The minimum absolute atomic E-state index is 0.215. The molecule has 1 heterocycles. The summed E-state index contributed by atoms with van der Waals surface area (Å²) in [6.07, 6.45) is 4.22. The maximum absolute atomic E-state index is 12.4. The van der Waals surface area contributed by atoms with Crippen LogP contribution in [0.15, 0.2) is 23.0 Å². The zero-order chi connectivity index (χ0) is 16.1. The molecule has 1 N–H and O–H groups in total. The third-order valence-corrected chi connectivity index (χ3v) is 3.84. The quantitative estimate of drug-likeness (QED) is 0.797. The van der Waals surface area contributed by atoms with Crippen LogP contribution in [0.3, 0.4) is 0 Å². The van der Waals surface area contributed by atoms with E-state index in [9.17, 15) is 9.90 Å². The molecule has 1 aromatic carbocycles. The number of benzene rings is 1. The molecule has 0 aliphatic carbocycles. The lowest BCUT2D eigenvalue weighted by atomic mass is 10.1. The second kappa shape index (κ2) is 7.20. The molecule has 1 aromatic heterocycles. The molecule has 0 amide bonds. The minimum Gasteiger partial charge on any atom is -0.500 e. The Balaban J connectivity index is 2.56. The van der Waals surface area contributed by atoms with Crippen molar-refractivity contribution in [3.63, 3.8) is 0 Å². The van der Waals surface area contributed by atoms with E-state index in [0.29, 0.717) is 17.7 Å². The molecule has 0 aliphatic rings. The Morgan fingerprint density at radius 1 is 1.14 bits per heavy atom. The summed E-state index contributed by atoms with van der Waals surface area (Å²) in [5.74, 6) is 0.546. The summed E-state index contributed by atoms with van der Waals surface area (Å²) >= 11 is 0. The van der Waals surface area contributed by atoms with Crippen LogP contribution >= 0.6 is 0 Å². The Morgan fingerprint density at radius 3 is 2.55 bits per heavy atom. The molecule has 0 saturated carbocycles. The van der Waals surface area contributed by atoms with Crippen LogP contribution in [0.4, 0.5) is 0 Å². The fraction of sp³-hybridized carbons (Fsp3) is 0.471. The van der Waals surface area contributed by atoms with Gasteiger partial charge in [0, 0.05) is 18.0 Å². The molecule has 0 saturated heterocycles. The van der Waals surface area contributed by atoms with E-state index in [2.05, 4.69) is 6.92 Å². The van der Waals surface area contributed by atoms with Crippen LogP contribution < -0.4 is 15.0 Å². The van der Waals surface area contributed by atoms with Crippen LogP contribution in [0.5, 0.6) is 17.2 Å². The van der Waals surface area contributed by atoms with Gasteiger partial charge in [0.25, 0.3) is 5.56 Å². The topological polar surface area (TPSA) is 60.7 Å². The van der Waals surface area contributed by atoms with Crippen LogP contribution in [0.1, 0.15) is 32.6 Å². The predicted molar refractivity (Wildman–Crippen MR) is 87.1 cm³/mol. The number of ether oxygens (including phenoxy) is 2. The van der Waals surface area contributed by atoms with Crippen molar-refractivity contribution in [2.24, 2.45) is 0 Å². The van der Waals surface area contributed by atoms with Gasteiger partial charge in [-0.1, -0.05) is 26.2 Å². The number of pyridine rings is 1. The van der Waals surface area contributed by atoms with Gasteiger partial charge in [0.05, 0.1) is 19.7 Å². The molecular weight excluding hydrogens is 282 g/mol. The molecule has 2 rings (SSSR count). The molecule has 0 atom stereocenters. The first kappa shape index (κ1) is 16.2. The smallest absolute Gasteiger partial charge is 0.297 e. The molecule has 0 aliphatic heterocycles. The van der Waals surface area contributed by atoms with Gasteiger partial charge in [-0.05, 0) is 18.6 Å². The Labute approximate surface area is 130 Å². The lowest BCUT2D eigenvalue weighted by molar-refractivity contribution is 0.370. The fourth-order valence-electron chi connectivity index (χ4n) is 2.64. The summed E-state index contributed by atoms with van der Waals surface area (Å²) in [6.45, 7) is 2.71. The molecule has 0 unspecified atom stereocenters. The highest BCUT2D eigenvalue weighted by atomic mass is 16.5. The lowest BCUT2D eigenvalue weighted by Crippen LogP contribution is -2.21. The van der Waals surface area contributed by atoms with E-state index in [0.717, 1.165) is 31.2 Å². The van der Waals surface area contributed by atoms with Gasteiger partial charge in [0.15, 0.2) is 5.75 Å². The summed E-state index contributed by atoms with van der Waals surface area (Å²) in [7, 11) is 3.03. The van der Waals surface area contributed by atoms with E-state index in [-0.39, 0.29) is 11.5 Å². The van der Waals surface area contributed by atoms with Gasteiger partial charge in [-0.2, -0.15) is 0 Å².